The first kappa shape index (κ1) is 9.34. The van der Waals surface area contributed by atoms with Crippen molar-refractivity contribution < 1.29 is 14.6 Å². The Morgan fingerprint density at radius 1 is 1.14 bits per heavy atom. The van der Waals surface area contributed by atoms with E-state index in [0.29, 0.717) is 0 Å². The summed E-state index contributed by atoms with van der Waals surface area (Å²) in [4.78, 5) is 0. The van der Waals surface area contributed by atoms with E-state index in [1.54, 1.807) is 7.11 Å². The van der Waals surface area contributed by atoms with Gasteiger partial charge < -0.3 is 14.6 Å². The molecule has 0 spiro atoms. The van der Waals surface area contributed by atoms with Gasteiger partial charge >= 0.3 is 0 Å². The third-order valence-corrected chi connectivity index (χ3v) is 2.52. The van der Waals surface area contributed by atoms with Crippen LogP contribution < -0.4 is 9.47 Å². The van der Waals surface area contributed by atoms with Crippen LogP contribution in [0.4, 0.5) is 0 Å². The van der Waals surface area contributed by atoms with Gasteiger partial charge in [-0.05, 0) is 37.1 Å². The second kappa shape index (κ2) is 3.88. The lowest BCUT2D eigenvalue weighted by Gasteiger charge is -2.32. The molecule has 0 aliphatic heterocycles. The lowest BCUT2D eigenvalue weighted by molar-refractivity contribution is -0.0361. The van der Waals surface area contributed by atoms with Crippen molar-refractivity contribution >= 4 is 0 Å². The van der Waals surface area contributed by atoms with Crippen LogP contribution in [-0.2, 0) is 0 Å². The molecule has 0 amide bonds. The molecule has 0 heterocycles. The zero-order valence-electron chi connectivity index (χ0n) is 8.14. The molecule has 0 aromatic heterocycles. The van der Waals surface area contributed by atoms with Crippen LogP contribution in [0.1, 0.15) is 12.8 Å². The highest BCUT2D eigenvalue weighted by Gasteiger charge is 2.30. The van der Waals surface area contributed by atoms with Crippen molar-refractivity contribution in [3.05, 3.63) is 24.3 Å². The Balaban J connectivity index is 1.96. The highest BCUT2D eigenvalue weighted by molar-refractivity contribution is 5.31. The number of methoxy groups -OCH3 is 1. The maximum absolute atomic E-state index is 9.32. The number of ether oxygens (including phenoxy) is 2. The van der Waals surface area contributed by atoms with Gasteiger partial charge in [-0.1, -0.05) is 0 Å². The molecule has 3 nitrogen and oxygen atoms in total. The van der Waals surface area contributed by atoms with Gasteiger partial charge in [-0.15, -0.1) is 0 Å². The number of benzene rings is 1. The predicted molar refractivity (Wildman–Crippen MR) is 52.7 cm³/mol. The van der Waals surface area contributed by atoms with Crippen molar-refractivity contribution in [2.75, 3.05) is 7.11 Å². The molecule has 0 unspecified atom stereocenters. The Bertz CT molecular complexity index is 294. The molecule has 1 aromatic carbocycles. The van der Waals surface area contributed by atoms with Crippen LogP contribution in [0.5, 0.6) is 11.5 Å². The fraction of sp³-hybridized carbons (Fsp3) is 0.455. The summed E-state index contributed by atoms with van der Waals surface area (Å²) in [6.07, 6.45) is 1.47. The molecule has 1 aromatic rings. The van der Waals surface area contributed by atoms with Crippen LogP contribution in [0, 0.1) is 0 Å². The van der Waals surface area contributed by atoms with E-state index in [1.165, 1.54) is 0 Å². The average Bonchev–Trinajstić information content (AvgIpc) is 2.24. The van der Waals surface area contributed by atoms with Gasteiger partial charge in [-0.3, -0.25) is 0 Å². The molecule has 3 heteroatoms. The average molecular weight is 194 g/mol. The number of aliphatic hydroxyl groups is 1. The summed E-state index contributed by atoms with van der Waals surface area (Å²) in [7, 11) is 1.63. The van der Waals surface area contributed by atoms with Crippen molar-refractivity contribution in [3.8, 4) is 11.5 Å². The molecule has 76 valence electrons. The summed E-state index contributed by atoms with van der Waals surface area (Å²) in [6, 6.07) is 7.40. The van der Waals surface area contributed by atoms with Crippen molar-refractivity contribution in [2.24, 2.45) is 0 Å². The lowest BCUT2D eigenvalue weighted by Crippen LogP contribution is -2.41. The zero-order chi connectivity index (χ0) is 9.97. The number of hydrogen-bond acceptors (Lipinski definition) is 3. The van der Waals surface area contributed by atoms with Crippen molar-refractivity contribution in [2.45, 2.75) is 25.0 Å². The summed E-state index contributed by atoms with van der Waals surface area (Å²) >= 11 is 0. The maximum Gasteiger partial charge on any atom is 0.125 e. The minimum Gasteiger partial charge on any atom is -0.497 e. The Kier molecular flexibility index (Phi) is 2.59. The summed E-state index contributed by atoms with van der Waals surface area (Å²) in [6.45, 7) is 0. The maximum atomic E-state index is 9.32. The molecule has 2 rings (SSSR count). The molecule has 14 heavy (non-hydrogen) atoms. The molecule has 1 aliphatic rings. The highest BCUT2D eigenvalue weighted by atomic mass is 16.5. The normalized spacial score (nSPS) is 25.3. The molecule has 1 aliphatic carbocycles. The Labute approximate surface area is 83.3 Å². The Hall–Kier alpha value is -1.22. The summed E-state index contributed by atoms with van der Waals surface area (Å²) in [5.41, 5.74) is 0. The lowest BCUT2D eigenvalue weighted by atomic mass is 9.92. The van der Waals surface area contributed by atoms with Gasteiger partial charge in [0.15, 0.2) is 0 Å². The van der Waals surface area contributed by atoms with Gasteiger partial charge in [-0.2, -0.15) is 0 Å². The number of hydrogen-bond donors (Lipinski definition) is 1. The van der Waals surface area contributed by atoms with Crippen LogP contribution >= 0.6 is 0 Å². The molecule has 1 N–H and O–H groups in total. The largest absolute Gasteiger partial charge is 0.497 e. The van der Waals surface area contributed by atoms with E-state index in [9.17, 15) is 5.11 Å². The molecule has 1 saturated carbocycles. The summed E-state index contributed by atoms with van der Waals surface area (Å²) in [5.74, 6) is 1.60. The van der Waals surface area contributed by atoms with Crippen LogP contribution in [0.2, 0.25) is 0 Å². The van der Waals surface area contributed by atoms with Gasteiger partial charge in [0, 0.05) is 0 Å². The van der Waals surface area contributed by atoms with E-state index in [1.807, 2.05) is 24.3 Å². The third-order valence-electron chi connectivity index (χ3n) is 2.52. The smallest absolute Gasteiger partial charge is 0.125 e. The van der Waals surface area contributed by atoms with Gasteiger partial charge in [0.05, 0.1) is 13.2 Å². The molecule has 0 bridgehead atoms. The van der Waals surface area contributed by atoms with E-state index in [2.05, 4.69) is 0 Å². The topological polar surface area (TPSA) is 38.7 Å². The fourth-order valence-corrected chi connectivity index (χ4v) is 1.42. The van der Waals surface area contributed by atoms with E-state index < -0.39 is 0 Å². The Morgan fingerprint density at radius 2 is 1.79 bits per heavy atom. The number of aliphatic hydroxyl groups excluding tert-OH is 1. The second-order valence-corrected chi connectivity index (χ2v) is 3.48. The standard InChI is InChI=1S/C11H14O3/c1-13-8-2-4-9(5-3-8)14-11-7-6-10(11)12/h2-5,10-12H,6-7H2,1H3/t10-,11-/m1/s1. The number of rotatable bonds is 3. The molecular weight excluding hydrogens is 180 g/mol. The monoisotopic (exact) mass is 194 g/mol. The third kappa shape index (κ3) is 1.82. The zero-order valence-corrected chi connectivity index (χ0v) is 8.14. The Morgan fingerprint density at radius 3 is 2.21 bits per heavy atom. The van der Waals surface area contributed by atoms with Crippen LogP contribution in [0.15, 0.2) is 24.3 Å². The minimum atomic E-state index is -0.294. The van der Waals surface area contributed by atoms with E-state index in [4.69, 9.17) is 9.47 Å². The highest BCUT2D eigenvalue weighted by Crippen LogP contribution is 2.26. The first-order chi connectivity index (χ1) is 6.79. The van der Waals surface area contributed by atoms with Gasteiger partial charge in [-0.25, -0.2) is 0 Å². The fourth-order valence-electron chi connectivity index (χ4n) is 1.42. The predicted octanol–water partition coefficient (Wildman–Crippen LogP) is 1.60. The van der Waals surface area contributed by atoms with Crippen LogP contribution in [-0.4, -0.2) is 24.4 Å². The molecular formula is C11H14O3. The quantitative estimate of drug-likeness (QED) is 0.794. The van der Waals surface area contributed by atoms with Gasteiger partial charge in [0.25, 0.3) is 0 Å². The van der Waals surface area contributed by atoms with E-state index >= 15 is 0 Å². The van der Waals surface area contributed by atoms with E-state index in [0.717, 1.165) is 24.3 Å². The molecule has 2 atom stereocenters. The molecule has 0 radical (unpaired) electrons. The van der Waals surface area contributed by atoms with E-state index in [-0.39, 0.29) is 12.2 Å². The first-order valence-electron chi connectivity index (χ1n) is 4.78. The van der Waals surface area contributed by atoms with Crippen LogP contribution in [0.25, 0.3) is 0 Å². The summed E-state index contributed by atoms with van der Waals surface area (Å²) in [5, 5.41) is 9.32. The van der Waals surface area contributed by atoms with Crippen molar-refractivity contribution in [1.29, 1.82) is 0 Å². The van der Waals surface area contributed by atoms with Crippen LogP contribution in [0.3, 0.4) is 0 Å². The minimum absolute atomic E-state index is 0.0246. The molecule has 0 saturated heterocycles. The van der Waals surface area contributed by atoms with Gasteiger partial charge in [0.2, 0.25) is 0 Å². The molecule has 1 fully saturated rings. The van der Waals surface area contributed by atoms with Gasteiger partial charge in [0.1, 0.15) is 17.6 Å². The SMILES string of the molecule is COc1ccc(O[C@@H]2CC[C@H]2O)cc1. The summed E-state index contributed by atoms with van der Waals surface area (Å²) < 4.78 is 10.6. The first-order valence-corrected chi connectivity index (χ1v) is 4.78. The second-order valence-electron chi connectivity index (χ2n) is 3.48. The van der Waals surface area contributed by atoms with Crippen molar-refractivity contribution in [1.82, 2.24) is 0 Å². The van der Waals surface area contributed by atoms with Crippen molar-refractivity contribution in [3.63, 3.8) is 0 Å².